The molecule has 0 aliphatic carbocycles. The van der Waals surface area contributed by atoms with Crippen molar-refractivity contribution in [2.24, 2.45) is 0 Å². The molecule has 1 N–H and O–H groups in total. The van der Waals surface area contributed by atoms with Gasteiger partial charge in [0, 0.05) is 32.7 Å². The van der Waals surface area contributed by atoms with Gasteiger partial charge in [0.2, 0.25) is 5.91 Å². The summed E-state index contributed by atoms with van der Waals surface area (Å²) in [6.07, 6.45) is 0. The molecule has 6 heteroatoms. The summed E-state index contributed by atoms with van der Waals surface area (Å²) < 4.78 is 5.78. The van der Waals surface area contributed by atoms with Crippen molar-refractivity contribution in [3.63, 3.8) is 0 Å². The second-order valence-electron chi connectivity index (χ2n) is 6.51. The van der Waals surface area contributed by atoms with Gasteiger partial charge in [-0.3, -0.25) is 9.69 Å². The number of nitrogens with zero attached hydrogens (tertiary/aromatic N) is 2. The molecular weight excluding hydrogens is 326 g/mol. The molecule has 5 nitrogen and oxygen atoms in total. The maximum Gasteiger partial charge on any atom is 0.236 e. The number of carbonyl (C=O) groups excluding carboxylic acids is 1. The zero-order chi connectivity index (χ0) is 16.8. The molecule has 0 aromatic heterocycles. The Balaban J connectivity index is 0.00000288. The fraction of sp³-hybridized carbons (Fsp3) is 0.611. The molecule has 0 saturated carbocycles. The Bertz CT molecular complexity index is 519. The summed E-state index contributed by atoms with van der Waals surface area (Å²) in [5.41, 5.74) is 2.38. The van der Waals surface area contributed by atoms with Gasteiger partial charge in [-0.25, -0.2) is 0 Å². The van der Waals surface area contributed by atoms with E-state index in [1.54, 1.807) is 4.90 Å². The van der Waals surface area contributed by atoms with E-state index in [1.807, 2.05) is 19.2 Å². The van der Waals surface area contributed by atoms with Crippen LogP contribution in [-0.4, -0.2) is 68.1 Å². The van der Waals surface area contributed by atoms with E-state index in [2.05, 4.69) is 37.1 Å². The normalized spacial score (nSPS) is 17.9. The summed E-state index contributed by atoms with van der Waals surface area (Å²) in [6, 6.07) is 6.58. The number of likely N-dealkylation sites (N-methyl/N-ethyl adjacent to an activating group) is 1. The van der Waals surface area contributed by atoms with E-state index in [-0.39, 0.29) is 18.3 Å². The SMILES string of the molecule is Cc1cc(C)cc(OCCN(C)C(=O)CN2CCNC[C@@H]2C)c1.Cl. The van der Waals surface area contributed by atoms with Gasteiger partial charge in [0.05, 0.1) is 13.1 Å². The maximum absolute atomic E-state index is 12.3. The summed E-state index contributed by atoms with van der Waals surface area (Å²) in [7, 11) is 1.85. The molecule has 0 radical (unpaired) electrons. The summed E-state index contributed by atoms with van der Waals surface area (Å²) >= 11 is 0. The van der Waals surface area contributed by atoms with E-state index in [0.717, 1.165) is 25.4 Å². The van der Waals surface area contributed by atoms with E-state index >= 15 is 0 Å². The van der Waals surface area contributed by atoms with Crippen LogP contribution in [0.3, 0.4) is 0 Å². The van der Waals surface area contributed by atoms with Crippen molar-refractivity contribution in [3.8, 4) is 5.75 Å². The molecule has 1 aliphatic rings. The van der Waals surface area contributed by atoms with E-state index < -0.39 is 0 Å². The Hall–Kier alpha value is -1.30. The first-order chi connectivity index (χ1) is 11.0. The third kappa shape index (κ3) is 6.30. The quantitative estimate of drug-likeness (QED) is 0.846. The Kier molecular flexibility index (Phi) is 8.53. The molecule has 2 rings (SSSR count). The van der Waals surface area contributed by atoms with Crippen LogP contribution >= 0.6 is 12.4 Å². The maximum atomic E-state index is 12.3. The van der Waals surface area contributed by atoms with Crippen molar-refractivity contribution in [3.05, 3.63) is 29.3 Å². The number of piperazine rings is 1. The average molecular weight is 356 g/mol. The first-order valence-corrected chi connectivity index (χ1v) is 8.35. The number of hydrogen-bond donors (Lipinski definition) is 1. The van der Waals surface area contributed by atoms with Crippen molar-refractivity contribution in [1.29, 1.82) is 0 Å². The summed E-state index contributed by atoms with van der Waals surface area (Å²) in [6.45, 7) is 10.7. The number of hydrogen-bond acceptors (Lipinski definition) is 4. The number of aryl methyl sites for hydroxylation is 2. The van der Waals surface area contributed by atoms with Gasteiger partial charge < -0.3 is 15.0 Å². The Morgan fingerprint density at radius 3 is 2.62 bits per heavy atom. The van der Waals surface area contributed by atoms with Gasteiger partial charge in [-0.1, -0.05) is 6.07 Å². The molecule has 0 unspecified atom stereocenters. The highest BCUT2D eigenvalue weighted by molar-refractivity contribution is 5.85. The lowest BCUT2D eigenvalue weighted by Gasteiger charge is -2.34. The first-order valence-electron chi connectivity index (χ1n) is 8.35. The number of benzene rings is 1. The molecule has 136 valence electrons. The van der Waals surface area contributed by atoms with Crippen LogP contribution in [0.4, 0.5) is 0 Å². The van der Waals surface area contributed by atoms with Crippen LogP contribution in [0, 0.1) is 13.8 Å². The molecule has 0 spiro atoms. The lowest BCUT2D eigenvalue weighted by molar-refractivity contribution is -0.132. The molecule has 1 aromatic carbocycles. The number of ether oxygens (including phenoxy) is 1. The smallest absolute Gasteiger partial charge is 0.236 e. The van der Waals surface area contributed by atoms with Gasteiger partial charge in [0.1, 0.15) is 12.4 Å². The second kappa shape index (κ2) is 9.87. The van der Waals surface area contributed by atoms with Gasteiger partial charge in [-0.15, -0.1) is 12.4 Å². The van der Waals surface area contributed by atoms with Crippen molar-refractivity contribution in [1.82, 2.24) is 15.1 Å². The van der Waals surface area contributed by atoms with Crippen LogP contribution in [0.5, 0.6) is 5.75 Å². The standard InChI is InChI=1S/C18H29N3O2.ClH/c1-14-9-15(2)11-17(10-14)23-8-7-20(4)18(22)13-21-6-5-19-12-16(21)3;/h9-11,16,19H,5-8,12-13H2,1-4H3;1H/t16-;/m0./s1. The molecule has 1 amide bonds. The van der Waals surface area contributed by atoms with Gasteiger partial charge in [0.15, 0.2) is 0 Å². The zero-order valence-electron chi connectivity index (χ0n) is 15.2. The topological polar surface area (TPSA) is 44.8 Å². The number of halogens is 1. The second-order valence-corrected chi connectivity index (χ2v) is 6.51. The fourth-order valence-electron chi connectivity index (χ4n) is 2.85. The molecule has 1 aliphatic heterocycles. The molecule has 24 heavy (non-hydrogen) atoms. The highest BCUT2D eigenvalue weighted by Gasteiger charge is 2.21. The highest BCUT2D eigenvalue weighted by atomic mass is 35.5. The van der Waals surface area contributed by atoms with Crippen molar-refractivity contribution in [2.45, 2.75) is 26.8 Å². The minimum absolute atomic E-state index is 0. The minimum atomic E-state index is 0. The molecule has 1 atom stereocenters. The third-order valence-electron chi connectivity index (χ3n) is 4.29. The van der Waals surface area contributed by atoms with E-state index in [9.17, 15) is 4.79 Å². The van der Waals surface area contributed by atoms with Crippen LogP contribution in [0.1, 0.15) is 18.1 Å². The molecule has 1 aromatic rings. The minimum Gasteiger partial charge on any atom is -0.492 e. The average Bonchev–Trinajstić information content (AvgIpc) is 2.48. The van der Waals surface area contributed by atoms with Crippen LogP contribution in [-0.2, 0) is 4.79 Å². The lowest BCUT2D eigenvalue weighted by atomic mass is 10.1. The zero-order valence-corrected chi connectivity index (χ0v) is 16.0. The van der Waals surface area contributed by atoms with Gasteiger partial charge in [-0.2, -0.15) is 0 Å². The largest absolute Gasteiger partial charge is 0.492 e. The molecule has 1 heterocycles. The van der Waals surface area contributed by atoms with Gasteiger partial charge >= 0.3 is 0 Å². The molecule has 1 saturated heterocycles. The number of carbonyl (C=O) groups is 1. The van der Waals surface area contributed by atoms with Crippen molar-refractivity contribution in [2.75, 3.05) is 46.4 Å². The Morgan fingerprint density at radius 1 is 1.33 bits per heavy atom. The number of amides is 1. The highest BCUT2D eigenvalue weighted by Crippen LogP contribution is 2.16. The van der Waals surface area contributed by atoms with Gasteiger partial charge in [-0.05, 0) is 44.0 Å². The summed E-state index contributed by atoms with van der Waals surface area (Å²) in [5, 5.41) is 3.34. The van der Waals surface area contributed by atoms with Crippen molar-refractivity contribution >= 4 is 18.3 Å². The Labute approximate surface area is 151 Å². The van der Waals surface area contributed by atoms with Crippen LogP contribution < -0.4 is 10.1 Å². The predicted molar refractivity (Wildman–Crippen MR) is 100 cm³/mol. The monoisotopic (exact) mass is 355 g/mol. The van der Waals surface area contributed by atoms with E-state index in [0.29, 0.717) is 25.7 Å². The Morgan fingerprint density at radius 2 is 2.00 bits per heavy atom. The third-order valence-corrected chi connectivity index (χ3v) is 4.29. The lowest BCUT2D eigenvalue weighted by Crippen LogP contribution is -2.53. The summed E-state index contributed by atoms with van der Waals surface area (Å²) in [5.74, 6) is 1.03. The van der Waals surface area contributed by atoms with E-state index in [4.69, 9.17) is 4.74 Å². The fourth-order valence-corrected chi connectivity index (χ4v) is 2.85. The predicted octanol–water partition coefficient (Wildman–Crippen LogP) is 1.86. The number of nitrogens with one attached hydrogen (secondary N) is 1. The summed E-state index contributed by atoms with van der Waals surface area (Å²) in [4.78, 5) is 16.3. The molecular formula is C18H30ClN3O2. The first kappa shape index (κ1) is 20.7. The molecule has 1 fully saturated rings. The van der Waals surface area contributed by atoms with Crippen molar-refractivity contribution < 1.29 is 9.53 Å². The number of rotatable bonds is 6. The van der Waals surface area contributed by atoms with Crippen LogP contribution in [0.2, 0.25) is 0 Å². The van der Waals surface area contributed by atoms with Crippen LogP contribution in [0.15, 0.2) is 18.2 Å². The van der Waals surface area contributed by atoms with Crippen LogP contribution in [0.25, 0.3) is 0 Å². The van der Waals surface area contributed by atoms with E-state index in [1.165, 1.54) is 11.1 Å². The van der Waals surface area contributed by atoms with Gasteiger partial charge in [0.25, 0.3) is 0 Å². The molecule has 0 bridgehead atoms.